The van der Waals surface area contributed by atoms with Gasteiger partial charge < -0.3 is 0 Å². The molecule has 0 radical (unpaired) electrons. The Hall–Kier alpha value is -3.30. The number of aromatic nitrogens is 5. The average Bonchev–Trinajstić information content (AvgIpc) is 3.23. The quantitative estimate of drug-likeness (QED) is 0.319. The van der Waals surface area contributed by atoms with E-state index in [0.29, 0.717) is 38.3 Å². The maximum atomic E-state index is 13.2. The Balaban J connectivity index is 1.61. The molecule has 0 aliphatic heterocycles. The fraction of sp³-hybridized carbons (Fsp3) is 0.0952. The van der Waals surface area contributed by atoms with Crippen LogP contribution in [-0.2, 0) is 5.75 Å². The molecular weight excluding hydrogens is 418 g/mol. The molecule has 0 unspecified atom stereocenters. The average molecular weight is 434 g/mol. The van der Waals surface area contributed by atoms with E-state index in [-0.39, 0.29) is 11.1 Å². The minimum atomic E-state index is -0.179. The first-order chi connectivity index (χ1) is 14.6. The lowest BCUT2D eigenvalue weighted by atomic mass is 10.2. The molecule has 7 nitrogen and oxygen atoms in total. The van der Waals surface area contributed by atoms with Crippen LogP contribution in [0.1, 0.15) is 11.3 Å². The highest BCUT2D eigenvalue weighted by Crippen LogP contribution is 2.23. The van der Waals surface area contributed by atoms with Crippen LogP contribution >= 0.6 is 23.1 Å². The van der Waals surface area contributed by atoms with Gasteiger partial charge in [-0.2, -0.15) is 0 Å². The van der Waals surface area contributed by atoms with Gasteiger partial charge >= 0.3 is 0 Å². The zero-order valence-corrected chi connectivity index (χ0v) is 17.5. The third-order valence-corrected chi connectivity index (χ3v) is 6.30. The largest absolute Gasteiger partial charge is 0.269 e. The van der Waals surface area contributed by atoms with Crippen molar-refractivity contribution in [1.29, 1.82) is 0 Å². The SMILES string of the molecule is Cc1ccc(-n2c(SCc3cc(=O)n4ccsc4n3)nc3ccccc3c2=O)nc1. The normalized spacial score (nSPS) is 11.4. The molecule has 0 saturated carbocycles. The minimum absolute atomic E-state index is 0.124. The molecule has 5 aromatic rings. The number of hydrogen-bond acceptors (Lipinski definition) is 7. The Morgan fingerprint density at radius 3 is 2.80 bits per heavy atom. The lowest BCUT2D eigenvalue weighted by Crippen LogP contribution is -2.22. The summed E-state index contributed by atoms with van der Waals surface area (Å²) in [6, 6.07) is 12.5. The van der Waals surface area contributed by atoms with Gasteiger partial charge in [-0.25, -0.2) is 19.5 Å². The summed E-state index contributed by atoms with van der Waals surface area (Å²) in [5.74, 6) is 0.911. The van der Waals surface area contributed by atoms with Gasteiger partial charge in [-0.3, -0.25) is 14.0 Å². The van der Waals surface area contributed by atoms with Crippen molar-refractivity contribution in [2.75, 3.05) is 0 Å². The van der Waals surface area contributed by atoms with Gasteiger partial charge in [0.25, 0.3) is 11.1 Å². The van der Waals surface area contributed by atoms with E-state index >= 15 is 0 Å². The fourth-order valence-electron chi connectivity index (χ4n) is 3.10. The Kier molecular flexibility index (Phi) is 4.68. The van der Waals surface area contributed by atoms with Gasteiger partial charge in [0.05, 0.1) is 16.6 Å². The van der Waals surface area contributed by atoms with Crippen LogP contribution in [0.15, 0.2) is 75.0 Å². The number of pyridine rings is 1. The number of para-hydroxylation sites is 1. The number of thioether (sulfide) groups is 1. The molecule has 0 aliphatic rings. The highest BCUT2D eigenvalue weighted by atomic mass is 32.2. The highest BCUT2D eigenvalue weighted by molar-refractivity contribution is 7.98. The number of fused-ring (bicyclic) bond motifs is 2. The molecule has 0 bridgehead atoms. The highest BCUT2D eigenvalue weighted by Gasteiger charge is 2.15. The molecule has 0 fully saturated rings. The lowest BCUT2D eigenvalue weighted by Gasteiger charge is -2.12. The van der Waals surface area contributed by atoms with Crippen molar-refractivity contribution >= 4 is 39.0 Å². The molecule has 9 heteroatoms. The summed E-state index contributed by atoms with van der Waals surface area (Å²) in [7, 11) is 0. The molecule has 0 saturated heterocycles. The van der Waals surface area contributed by atoms with Crippen LogP contribution < -0.4 is 11.1 Å². The number of hydrogen-bond donors (Lipinski definition) is 0. The number of nitrogens with zero attached hydrogens (tertiary/aromatic N) is 5. The van der Waals surface area contributed by atoms with Gasteiger partial charge in [-0.15, -0.1) is 11.3 Å². The van der Waals surface area contributed by atoms with Crippen molar-refractivity contribution in [2.24, 2.45) is 0 Å². The molecule has 0 amide bonds. The molecule has 1 aromatic carbocycles. The van der Waals surface area contributed by atoms with E-state index in [0.717, 1.165) is 5.56 Å². The third kappa shape index (κ3) is 3.31. The molecule has 0 spiro atoms. The van der Waals surface area contributed by atoms with E-state index < -0.39 is 0 Å². The van der Waals surface area contributed by atoms with E-state index in [1.165, 1.54) is 38.1 Å². The maximum Gasteiger partial charge on any atom is 0.267 e. The first-order valence-electron chi connectivity index (χ1n) is 9.13. The second kappa shape index (κ2) is 7.51. The lowest BCUT2D eigenvalue weighted by molar-refractivity contribution is 0.794. The van der Waals surface area contributed by atoms with Crippen LogP contribution in [0.4, 0.5) is 0 Å². The van der Waals surface area contributed by atoms with Crippen LogP contribution in [0.25, 0.3) is 21.7 Å². The van der Waals surface area contributed by atoms with Crippen LogP contribution in [0, 0.1) is 6.92 Å². The summed E-state index contributed by atoms with van der Waals surface area (Å²) in [6.45, 7) is 1.94. The Morgan fingerprint density at radius 2 is 1.97 bits per heavy atom. The number of aryl methyl sites for hydroxylation is 1. The van der Waals surface area contributed by atoms with Crippen molar-refractivity contribution < 1.29 is 0 Å². The number of benzene rings is 1. The van der Waals surface area contributed by atoms with Gasteiger partial charge in [-0.1, -0.05) is 30.0 Å². The zero-order chi connectivity index (χ0) is 20.7. The van der Waals surface area contributed by atoms with Crippen molar-refractivity contribution in [3.63, 3.8) is 0 Å². The first kappa shape index (κ1) is 18.7. The van der Waals surface area contributed by atoms with Crippen molar-refractivity contribution in [3.05, 3.63) is 92.2 Å². The summed E-state index contributed by atoms with van der Waals surface area (Å²) in [5.41, 5.74) is 1.96. The van der Waals surface area contributed by atoms with Gasteiger partial charge in [0.2, 0.25) is 0 Å². The second-order valence-corrected chi connectivity index (χ2v) is 8.49. The smallest absolute Gasteiger partial charge is 0.267 e. The fourth-order valence-corrected chi connectivity index (χ4v) is 4.74. The van der Waals surface area contributed by atoms with E-state index in [1.807, 2.05) is 36.6 Å². The van der Waals surface area contributed by atoms with Crippen LogP contribution in [0.5, 0.6) is 0 Å². The molecule has 30 heavy (non-hydrogen) atoms. The van der Waals surface area contributed by atoms with Crippen molar-refractivity contribution in [1.82, 2.24) is 23.9 Å². The summed E-state index contributed by atoms with van der Waals surface area (Å²) in [4.78, 5) is 39.8. The van der Waals surface area contributed by atoms with Crippen LogP contribution in [0.3, 0.4) is 0 Å². The topological polar surface area (TPSA) is 82.1 Å². The van der Waals surface area contributed by atoms with E-state index in [1.54, 1.807) is 24.5 Å². The first-order valence-corrected chi connectivity index (χ1v) is 11.0. The molecule has 148 valence electrons. The zero-order valence-electron chi connectivity index (χ0n) is 15.8. The predicted molar refractivity (Wildman–Crippen MR) is 119 cm³/mol. The Labute approximate surface area is 178 Å². The maximum absolute atomic E-state index is 13.2. The van der Waals surface area contributed by atoms with Gasteiger partial charge in [-0.05, 0) is 30.7 Å². The standard InChI is InChI=1S/C21H15N5O2S2/c1-13-6-7-17(22-11-13)26-19(28)15-4-2-3-5-16(15)24-21(26)30-12-14-10-18(27)25-8-9-29-20(25)23-14/h2-11H,12H2,1H3. The molecule has 4 aromatic heterocycles. The van der Waals surface area contributed by atoms with Crippen molar-refractivity contribution in [2.45, 2.75) is 17.8 Å². The van der Waals surface area contributed by atoms with E-state index in [2.05, 4.69) is 9.97 Å². The Morgan fingerprint density at radius 1 is 1.10 bits per heavy atom. The monoisotopic (exact) mass is 433 g/mol. The Bertz CT molecular complexity index is 1500. The molecule has 0 atom stereocenters. The molecule has 5 rings (SSSR count). The summed E-state index contributed by atoms with van der Waals surface area (Å²) >= 11 is 2.76. The molecule has 4 heterocycles. The number of rotatable bonds is 4. The predicted octanol–water partition coefficient (Wildman–Crippen LogP) is 3.45. The molecule has 0 aliphatic carbocycles. The van der Waals surface area contributed by atoms with Gasteiger partial charge in [0, 0.05) is 29.6 Å². The second-order valence-electron chi connectivity index (χ2n) is 6.68. The van der Waals surface area contributed by atoms with E-state index in [4.69, 9.17) is 4.98 Å². The minimum Gasteiger partial charge on any atom is -0.269 e. The molecular formula is C21H15N5O2S2. The van der Waals surface area contributed by atoms with Crippen LogP contribution in [-0.4, -0.2) is 23.9 Å². The molecule has 0 N–H and O–H groups in total. The third-order valence-electron chi connectivity index (χ3n) is 4.58. The summed E-state index contributed by atoms with van der Waals surface area (Å²) < 4.78 is 3.03. The van der Waals surface area contributed by atoms with Crippen LogP contribution in [0.2, 0.25) is 0 Å². The summed E-state index contributed by atoms with van der Waals surface area (Å²) in [5, 5.41) is 2.86. The van der Waals surface area contributed by atoms with Gasteiger partial charge in [0.1, 0.15) is 5.82 Å². The number of thiazole rings is 1. The summed E-state index contributed by atoms with van der Waals surface area (Å²) in [6.07, 6.45) is 3.43. The van der Waals surface area contributed by atoms with Gasteiger partial charge in [0.15, 0.2) is 10.1 Å². The van der Waals surface area contributed by atoms with Crippen molar-refractivity contribution in [3.8, 4) is 5.82 Å². The van der Waals surface area contributed by atoms with E-state index in [9.17, 15) is 9.59 Å².